The van der Waals surface area contributed by atoms with Gasteiger partial charge in [0.05, 0.1) is 12.1 Å². The Hall–Kier alpha value is -2.18. The smallest absolute Gasteiger partial charge is 0.226 e. The predicted octanol–water partition coefficient (Wildman–Crippen LogP) is 2.71. The number of fused-ring (bicyclic) bond motifs is 1. The number of nitrogens with one attached hydrogen (secondary N) is 1. The van der Waals surface area contributed by atoms with Crippen LogP contribution in [0.5, 0.6) is 0 Å². The Morgan fingerprint density at radius 1 is 1.38 bits per heavy atom. The summed E-state index contributed by atoms with van der Waals surface area (Å²) in [6.07, 6.45) is 4.17. The van der Waals surface area contributed by atoms with Crippen LogP contribution in [0.3, 0.4) is 0 Å². The second-order valence-electron chi connectivity index (χ2n) is 5.93. The minimum Gasteiger partial charge on any atom is -0.352 e. The number of carbonyl (C=O) groups is 1. The summed E-state index contributed by atoms with van der Waals surface area (Å²) in [6, 6.07) is 8.36. The molecule has 0 spiro atoms. The second-order valence-corrected chi connectivity index (χ2v) is 6.80. The molecule has 0 atom stereocenters. The molecule has 2 aromatic heterocycles. The number of hydrogen-bond donors (Lipinski definition) is 1. The van der Waals surface area contributed by atoms with Crippen LogP contribution in [-0.2, 0) is 24.3 Å². The fourth-order valence-electron chi connectivity index (χ4n) is 2.55. The molecule has 1 aromatic carbocycles. The first-order valence-electron chi connectivity index (χ1n) is 8.08. The molecule has 0 saturated carbocycles. The van der Waals surface area contributed by atoms with E-state index in [0.717, 1.165) is 29.3 Å². The van der Waals surface area contributed by atoms with Crippen LogP contribution < -0.4 is 5.32 Å². The Balaban J connectivity index is 1.54. The van der Waals surface area contributed by atoms with Gasteiger partial charge in [0.15, 0.2) is 4.96 Å². The third kappa shape index (κ3) is 4.21. The Morgan fingerprint density at radius 2 is 2.21 bits per heavy atom. The zero-order valence-electron chi connectivity index (χ0n) is 14.0. The van der Waals surface area contributed by atoms with E-state index in [1.165, 1.54) is 5.56 Å². The number of benzene rings is 1. The monoisotopic (exact) mass is 342 g/mol. The van der Waals surface area contributed by atoms with E-state index in [1.54, 1.807) is 11.3 Å². The summed E-state index contributed by atoms with van der Waals surface area (Å²) >= 11 is 1.57. The van der Waals surface area contributed by atoms with E-state index in [2.05, 4.69) is 41.3 Å². The van der Waals surface area contributed by atoms with Gasteiger partial charge in [-0.25, -0.2) is 4.98 Å². The zero-order chi connectivity index (χ0) is 16.9. The van der Waals surface area contributed by atoms with Gasteiger partial charge in [-0.05, 0) is 24.7 Å². The van der Waals surface area contributed by atoms with Crippen molar-refractivity contribution in [1.82, 2.24) is 19.6 Å². The molecule has 6 heteroatoms. The van der Waals surface area contributed by atoms with Gasteiger partial charge in [-0.3, -0.25) is 9.20 Å². The summed E-state index contributed by atoms with van der Waals surface area (Å²) in [4.78, 5) is 19.7. The average molecular weight is 342 g/mol. The van der Waals surface area contributed by atoms with Crippen LogP contribution in [0.4, 0.5) is 0 Å². The van der Waals surface area contributed by atoms with E-state index >= 15 is 0 Å². The maximum absolute atomic E-state index is 12.1. The van der Waals surface area contributed by atoms with E-state index < -0.39 is 0 Å². The van der Waals surface area contributed by atoms with Crippen LogP contribution in [0, 0.1) is 0 Å². The Morgan fingerprint density at radius 3 is 3.00 bits per heavy atom. The summed E-state index contributed by atoms with van der Waals surface area (Å²) in [7, 11) is 2.10. The molecule has 1 amide bonds. The van der Waals surface area contributed by atoms with Crippen molar-refractivity contribution in [3.05, 3.63) is 58.9 Å². The Kier molecular flexibility index (Phi) is 5.27. The molecule has 0 saturated heterocycles. The third-order valence-electron chi connectivity index (χ3n) is 3.96. The first-order valence-corrected chi connectivity index (χ1v) is 8.96. The van der Waals surface area contributed by atoms with E-state index in [9.17, 15) is 4.79 Å². The molecular weight excluding hydrogens is 320 g/mol. The minimum atomic E-state index is -0.00293. The molecule has 5 nitrogen and oxygen atoms in total. The highest BCUT2D eigenvalue weighted by Crippen LogP contribution is 2.12. The lowest BCUT2D eigenvalue weighted by Crippen LogP contribution is -2.24. The summed E-state index contributed by atoms with van der Waals surface area (Å²) in [5.74, 6) is -0.00293. The molecule has 0 aliphatic carbocycles. The molecular formula is C18H22N4OS. The van der Waals surface area contributed by atoms with Crippen molar-refractivity contribution in [3.8, 4) is 0 Å². The summed E-state index contributed by atoms with van der Waals surface area (Å²) < 4.78 is 1.95. The first kappa shape index (κ1) is 16.7. The van der Waals surface area contributed by atoms with Crippen molar-refractivity contribution in [2.45, 2.75) is 26.4 Å². The van der Waals surface area contributed by atoms with Crippen molar-refractivity contribution in [2.75, 3.05) is 13.6 Å². The second kappa shape index (κ2) is 7.59. The number of rotatable bonds is 7. The molecule has 1 N–H and O–H groups in total. The van der Waals surface area contributed by atoms with E-state index in [4.69, 9.17) is 0 Å². The fourth-order valence-corrected chi connectivity index (χ4v) is 3.27. The van der Waals surface area contributed by atoms with Gasteiger partial charge in [-0.2, -0.15) is 0 Å². The highest BCUT2D eigenvalue weighted by atomic mass is 32.1. The molecule has 24 heavy (non-hydrogen) atoms. The van der Waals surface area contributed by atoms with E-state index in [-0.39, 0.29) is 5.91 Å². The van der Waals surface area contributed by atoms with Gasteiger partial charge in [0, 0.05) is 30.9 Å². The molecule has 2 heterocycles. The molecule has 0 fully saturated rings. The first-order chi connectivity index (χ1) is 11.6. The lowest BCUT2D eigenvalue weighted by Gasteiger charge is -2.14. The van der Waals surface area contributed by atoms with Gasteiger partial charge in [0.1, 0.15) is 0 Å². The van der Waals surface area contributed by atoms with Crippen molar-refractivity contribution in [2.24, 2.45) is 0 Å². The van der Waals surface area contributed by atoms with E-state index in [1.807, 2.05) is 34.3 Å². The standard InChI is InChI=1S/C18H22N4OS/c1-3-21(2)12-15-6-4-5-14(9-15)11-19-17(23)10-16-13-22-7-8-24-18(22)20-16/h4-9,13H,3,10-12H2,1-2H3,(H,19,23). The minimum absolute atomic E-state index is 0.00293. The lowest BCUT2D eigenvalue weighted by atomic mass is 10.1. The molecule has 3 aromatic rings. The van der Waals surface area contributed by atoms with Gasteiger partial charge < -0.3 is 10.2 Å². The number of nitrogens with zero attached hydrogens (tertiary/aromatic N) is 3. The van der Waals surface area contributed by atoms with Crippen LogP contribution in [0.25, 0.3) is 4.96 Å². The van der Waals surface area contributed by atoms with Gasteiger partial charge in [-0.15, -0.1) is 11.3 Å². The fraction of sp³-hybridized carbons (Fsp3) is 0.333. The normalized spacial score (nSPS) is 11.3. The summed E-state index contributed by atoms with van der Waals surface area (Å²) in [5, 5.41) is 4.96. The topological polar surface area (TPSA) is 49.6 Å². The van der Waals surface area contributed by atoms with Crippen molar-refractivity contribution in [1.29, 1.82) is 0 Å². The summed E-state index contributed by atoms with van der Waals surface area (Å²) in [5.41, 5.74) is 3.19. The SMILES string of the molecule is CCN(C)Cc1cccc(CNC(=O)Cc2cn3ccsc3n2)c1. The molecule has 126 valence electrons. The van der Waals surface area contributed by atoms with Crippen LogP contribution in [0.1, 0.15) is 23.7 Å². The number of amides is 1. The van der Waals surface area contributed by atoms with Crippen molar-refractivity contribution >= 4 is 22.2 Å². The molecule has 0 unspecified atom stereocenters. The number of imidazole rings is 1. The lowest BCUT2D eigenvalue weighted by molar-refractivity contribution is -0.120. The molecule has 0 aliphatic heterocycles. The van der Waals surface area contributed by atoms with Crippen LogP contribution in [0.2, 0.25) is 0 Å². The predicted molar refractivity (Wildman–Crippen MR) is 97.1 cm³/mol. The van der Waals surface area contributed by atoms with Gasteiger partial charge in [-0.1, -0.05) is 31.2 Å². The van der Waals surface area contributed by atoms with Crippen molar-refractivity contribution < 1.29 is 4.79 Å². The zero-order valence-corrected chi connectivity index (χ0v) is 14.8. The third-order valence-corrected chi connectivity index (χ3v) is 4.73. The number of carbonyl (C=O) groups excluding carboxylic acids is 1. The van der Waals surface area contributed by atoms with Crippen LogP contribution in [-0.4, -0.2) is 33.8 Å². The molecule has 0 bridgehead atoms. The molecule has 3 rings (SSSR count). The maximum atomic E-state index is 12.1. The number of thiazole rings is 1. The Bertz CT molecular complexity index is 795. The maximum Gasteiger partial charge on any atom is 0.226 e. The summed E-state index contributed by atoms with van der Waals surface area (Å²) in [6.45, 7) is 4.63. The molecule has 0 aliphatic rings. The molecule has 0 radical (unpaired) electrons. The van der Waals surface area contributed by atoms with Crippen LogP contribution >= 0.6 is 11.3 Å². The van der Waals surface area contributed by atoms with Gasteiger partial charge in [0.25, 0.3) is 0 Å². The number of hydrogen-bond acceptors (Lipinski definition) is 4. The number of aromatic nitrogens is 2. The van der Waals surface area contributed by atoms with Crippen molar-refractivity contribution in [3.63, 3.8) is 0 Å². The van der Waals surface area contributed by atoms with E-state index in [0.29, 0.717) is 13.0 Å². The Labute approximate surface area is 145 Å². The quantitative estimate of drug-likeness (QED) is 0.718. The largest absolute Gasteiger partial charge is 0.352 e. The highest BCUT2D eigenvalue weighted by molar-refractivity contribution is 7.15. The van der Waals surface area contributed by atoms with Gasteiger partial charge >= 0.3 is 0 Å². The van der Waals surface area contributed by atoms with Crippen LogP contribution in [0.15, 0.2) is 42.0 Å². The average Bonchev–Trinajstić information content (AvgIpc) is 3.14. The highest BCUT2D eigenvalue weighted by Gasteiger charge is 2.08. The van der Waals surface area contributed by atoms with Gasteiger partial charge in [0.2, 0.25) is 5.91 Å².